The van der Waals surface area contributed by atoms with E-state index < -0.39 is 5.51 Å². The van der Waals surface area contributed by atoms with Gasteiger partial charge in [0.1, 0.15) is 5.75 Å². The molecule has 0 radical (unpaired) electrons. The molecule has 2 rings (SSSR count). The number of hydrogen-bond donors (Lipinski definition) is 0. The number of carbonyl (C=O) groups is 1. The fourth-order valence-electron chi connectivity index (χ4n) is 1.90. The molecule has 0 bridgehead atoms. The number of fused-ring (bicyclic) bond motifs is 1. The van der Waals surface area contributed by atoms with Crippen LogP contribution in [0.25, 0.3) is 0 Å². The van der Waals surface area contributed by atoms with Crippen LogP contribution >= 0.6 is 11.8 Å². The zero-order valence-corrected chi connectivity index (χ0v) is 10.2. The van der Waals surface area contributed by atoms with Crippen molar-refractivity contribution in [2.24, 2.45) is 0 Å². The molecular weight excluding hydrogens is 265 g/mol. The zero-order valence-electron chi connectivity index (χ0n) is 9.42. The maximum atomic E-state index is 11.9. The average molecular weight is 276 g/mol. The van der Waals surface area contributed by atoms with E-state index in [0.717, 1.165) is 5.56 Å². The molecule has 0 atom stereocenters. The lowest BCUT2D eigenvalue weighted by Gasteiger charge is -2.10. The summed E-state index contributed by atoms with van der Waals surface area (Å²) in [6, 6.07) is 5.10. The van der Waals surface area contributed by atoms with E-state index in [1.54, 1.807) is 18.2 Å². The highest BCUT2D eigenvalue weighted by Crippen LogP contribution is 2.32. The molecule has 0 fully saturated rings. The monoisotopic (exact) mass is 276 g/mol. The summed E-state index contributed by atoms with van der Waals surface area (Å²) in [5.41, 5.74) is -2.77. The van der Waals surface area contributed by atoms with Crippen molar-refractivity contribution in [3.63, 3.8) is 0 Å². The summed E-state index contributed by atoms with van der Waals surface area (Å²) in [6.07, 6.45) is 1.06. The van der Waals surface area contributed by atoms with E-state index in [9.17, 15) is 18.0 Å². The minimum Gasteiger partial charge on any atom is -0.492 e. The summed E-state index contributed by atoms with van der Waals surface area (Å²) in [4.78, 5) is 11.5. The minimum absolute atomic E-state index is 0.0190. The Bertz CT molecular complexity index is 457. The first kappa shape index (κ1) is 13.3. The predicted molar refractivity (Wildman–Crippen MR) is 63.1 cm³/mol. The van der Waals surface area contributed by atoms with Crippen molar-refractivity contribution in [3.05, 3.63) is 29.3 Å². The second-order valence-corrected chi connectivity index (χ2v) is 5.01. The van der Waals surface area contributed by atoms with Gasteiger partial charge in [0.25, 0.3) is 0 Å². The number of carbonyl (C=O) groups excluding carboxylic acids is 1. The summed E-state index contributed by atoms with van der Waals surface area (Å²) in [5.74, 6) is 0.447. The number of ether oxygens (including phenoxy) is 1. The van der Waals surface area contributed by atoms with Crippen LogP contribution in [0.15, 0.2) is 18.2 Å². The largest absolute Gasteiger partial charge is 0.492 e. The van der Waals surface area contributed by atoms with E-state index in [2.05, 4.69) is 0 Å². The highest BCUT2D eigenvalue weighted by atomic mass is 32.2. The predicted octanol–water partition coefficient (Wildman–Crippen LogP) is 3.45. The van der Waals surface area contributed by atoms with Gasteiger partial charge in [-0.25, -0.2) is 0 Å². The van der Waals surface area contributed by atoms with Crippen molar-refractivity contribution in [1.29, 1.82) is 0 Å². The standard InChI is InChI=1S/C12H11F3O2S/c13-12(14,15)18-7-6-17-11-3-1-2-8-9(11)4-5-10(8)16/h1-3H,4-7H2. The van der Waals surface area contributed by atoms with Crippen molar-refractivity contribution in [2.45, 2.75) is 18.3 Å². The third-order valence-corrected chi connectivity index (χ3v) is 3.34. The molecule has 0 unspecified atom stereocenters. The summed E-state index contributed by atoms with van der Waals surface area (Å²) in [5, 5.41) is 0. The van der Waals surface area contributed by atoms with Crippen molar-refractivity contribution in [2.75, 3.05) is 12.4 Å². The molecule has 0 aliphatic heterocycles. The summed E-state index contributed by atoms with van der Waals surface area (Å²) < 4.78 is 41.1. The maximum Gasteiger partial charge on any atom is 0.441 e. The number of thioether (sulfide) groups is 1. The number of ketones is 1. The normalized spacial score (nSPS) is 14.7. The van der Waals surface area contributed by atoms with Crippen LogP contribution in [-0.4, -0.2) is 23.7 Å². The van der Waals surface area contributed by atoms with Crippen LogP contribution in [0.2, 0.25) is 0 Å². The van der Waals surface area contributed by atoms with Gasteiger partial charge in [-0.3, -0.25) is 4.79 Å². The van der Waals surface area contributed by atoms with E-state index in [-0.39, 0.29) is 29.9 Å². The molecule has 18 heavy (non-hydrogen) atoms. The highest BCUT2D eigenvalue weighted by Gasteiger charge is 2.28. The van der Waals surface area contributed by atoms with Crippen molar-refractivity contribution < 1.29 is 22.7 Å². The highest BCUT2D eigenvalue weighted by molar-refractivity contribution is 8.00. The zero-order chi connectivity index (χ0) is 13.2. The molecule has 1 aromatic carbocycles. The SMILES string of the molecule is O=C1CCc2c(OCCSC(F)(F)F)cccc21. The molecule has 6 heteroatoms. The first-order chi connectivity index (χ1) is 8.47. The Morgan fingerprint density at radius 3 is 2.78 bits per heavy atom. The lowest BCUT2D eigenvalue weighted by atomic mass is 10.1. The Kier molecular flexibility index (Phi) is 3.85. The Balaban J connectivity index is 1.93. The number of halogens is 3. The van der Waals surface area contributed by atoms with Gasteiger partial charge in [-0.2, -0.15) is 13.2 Å². The summed E-state index contributed by atoms with van der Waals surface area (Å²) in [7, 11) is 0. The molecule has 0 saturated heterocycles. The molecule has 0 N–H and O–H groups in total. The molecule has 0 spiro atoms. The first-order valence-electron chi connectivity index (χ1n) is 5.46. The van der Waals surface area contributed by atoms with Crippen LogP contribution in [0.1, 0.15) is 22.3 Å². The van der Waals surface area contributed by atoms with E-state index in [0.29, 0.717) is 24.2 Å². The Hall–Kier alpha value is -1.17. The molecule has 98 valence electrons. The second kappa shape index (κ2) is 5.22. The molecule has 1 aliphatic rings. The van der Waals surface area contributed by atoms with Crippen LogP contribution in [0.5, 0.6) is 5.75 Å². The fraction of sp³-hybridized carbons (Fsp3) is 0.417. The van der Waals surface area contributed by atoms with Gasteiger partial charge in [-0.15, -0.1) is 0 Å². The summed E-state index contributed by atoms with van der Waals surface area (Å²) >= 11 is -0.105. The third kappa shape index (κ3) is 3.19. The van der Waals surface area contributed by atoms with Crippen LogP contribution < -0.4 is 4.74 Å². The van der Waals surface area contributed by atoms with E-state index in [1.807, 2.05) is 0 Å². The van der Waals surface area contributed by atoms with Gasteiger partial charge in [-0.1, -0.05) is 12.1 Å². The van der Waals surface area contributed by atoms with Gasteiger partial charge in [0.2, 0.25) is 0 Å². The molecule has 1 aromatic rings. The molecule has 0 amide bonds. The van der Waals surface area contributed by atoms with Gasteiger partial charge in [0.15, 0.2) is 5.78 Å². The van der Waals surface area contributed by atoms with Gasteiger partial charge >= 0.3 is 5.51 Å². The lowest BCUT2D eigenvalue weighted by Crippen LogP contribution is -2.08. The molecule has 0 saturated carbocycles. The quantitative estimate of drug-likeness (QED) is 0.788. The maximum absolute atomic E-state index is 11.9. The van der Waals surface area contributed by atoms with E-state index in [1.165, 1.54) is 0 Å². The van der Waals surface area contributed by atoms with E-state index >= 15 is 0 Å². The van der Waals surface area contributed by atoms with Crippen LogP contribution in [0.3, 0.4) is 0 Å². The summed E-state index contributed by atoms with van der Waals surface area (Å²) in [6.45, 7) is -0.0190. The van der Waals surface area contributed by atoms with Gasteiger partial charge in [0, 0.05) is 23.3 Å². The second-order valence-electron chi connectivity index (χ2n) is 3.85. The number of rotatable bonds is 4. The third-order valence-electron chi connectivity index (χ3n) is 2.64. The van der Waals surface area contributed by atoms with Crippen molar-refractivity contribution >= 4 is 17.5 Å². The van der Waals surface area contributed by atoms with E-state index in [4.69, 9.17) is 4.74 Å². The van der Waals surface area contributed by atoms with Gasteiger partial charge in [0.05, 0.1) is 6.61 Å². The molecule has 1 aliphatic carbocycles. The number of benzene rings is 1. The van der Waals surface area contributed by atoms with Gasteiger partial charge in [-0.05, 0) is 24.2 Å². The Morgan fingerprint density at radius 2 is 2.06 bits per heavy atom. The minimum atomic E-state index is -4.22. The molecular formula is C12H11F3O2S. The number of Topliss-reactive ketones (excluding diaryl/α,β-unsaturated/α-hetero) is 1. The van der Waals surface area contributed by atoms with Gasteiger partial charge < -0.3 is 4.74 Å². The fourth-order valence-corrected chi connectivity index (χ4v) is 2.30. The van der Waals surface area contributed by atoms with Crippen LogP contribution in [-0.2, 0) is 6.42 Å². The smallest absolute Gasteiger partial charge is 0.441 e. The Labute approximate surface area is 107 Å². The number of alkyl halides is 3. The van der Waals surface area contributed by atoms with Crippen molar-refractivity contribution in [1.82, 2.24) is 0 Å². The first-order valence-corrected chi connectivity index (χ1v) is 6.44. The lowest BCUT2D eigenvalue weighted by molar-refractivity contribution is -0.0329. The molecule has 0 heterocycles. The van der Waals surface area contributed by atoms with Crippen molar-refractivity contribution in [3.8, 4) is 5.75 Å². The van der Waals surface area contributed by atoms with Crippen LogP contribution in [0.4, 0.5) is 13.2 Å². The van der Waals surface area contributed by atoms with Crippen LogP contribution in [0, 0.1) is 0 Å². The molecule has 0 aromatic heterocycles. The Morgan fingerprint density at radius 1 is 1.28 bits per heavy atom. The topological polar surface area (TPSA) is 26.3 Å². The average Bonchev–Trinajstić information content (AvgIpc) is 2.67. The number of hydrogen-bond acceptors (Lipinski definition) is 3. The molecule has 2 nitrogen and oxygen atoms in total.